The molecule has 23 heavy (non-hydrogen) atoms. The molecule has 1 amide bonds. The van der Waals surface area contributed by atoms with Crippen molar-refractivity contribution in [3.8, 4) is 5.75 Å². The summed E-state index contributed by atoms with van der Waals surface area (Å²) in [6.45, 7) is 15.3. The maximum absolute atomic E-state index is 12.8. The van der Waals surface area contributed by atoms with Gasteiger partial charge in [-0.1, -0.05) is 51.4 Å². The van der Waals surface area contributed by atoms with Crippen LogP contribution in [0.4, 0.5) is 0 Å². The Bertz CT molecular complexity index is 544. The maximum Gasteiger partial charge on any atom is 0.222 e. The van der Waals surface area contributed by atoms with E-state index in [1.165, 1.54) is 5.56 Å². The van der Waals surface area contributed by atoms with Gasteiger partial charge in [-0.3, -0.25) is 4.79 Å². The van der Waals surface area contributed by atoms with Gasteiger partial charge in [0, 0.05) is 24.2 Å². The standard InChI is InChI=1S/C18H31NO2Si2/c1-21-16-10-8-14(9-11-16)15-12-17(20)19(13-15)18(22(2,3)4)23(5,6)7/h8-11,15,18H,12-13H2,1-7H3/t15-/m1/s1. The van der Waals surface area contributed by atoms with Crippen molar-refractivity contribution in [2.45, 2.75) is 56.9 Å². The third kappa shape index (κ3) is 4.07. The average molecular weight is 350 g/mol. The van der Waals surface area contributed by atoms with Crippen molar-refractivity contribution in [1.29, 1.82) is 0 Å². The van der Waals surface area contributed by atoms with E-state index in [9.17, 15) is 4.79 Å². The predicted octanol–water partition coefficient (Wildman–Crippen LogP) is 4.13. The van der Waals surface area contributed by atoms with E-state index in [1.807, 2.05) is 12.1 Å². The minimum Gasteiger partial charge on any atom is -0.497 e. The van der Waals surface area contributed by atoms with Crippen LogP contribution in [-0.4, -0.2) is 45.9 Å². The lowest BCUT2D eigenvalue weighted by Gasteiger charge is -2.44. The van der Waals surface area contributed by atoms with E-state index < -0.39 is 16.1 Å². The van der Waals surface area contributed by atoms with Crippen LogP contribution in [0.1, 0.15) is 17.9 Å². The van der Waals surface area contributed by atoms with Gasteiger partial charge in [0.05, 0.1) is 23.3 Å². The van der Waals surface area contributed by atoms with Gasteiger partial charge in [-0.15, -0.1) is 0 Å². The van der Waals surface area contributed by atoms with Crippen LogP contribution in [0.15, 0.2) is 24.3 Å². The second-order valence-corrected chi connectivity index (χ2v) is 20.0. The van der Waals surface area contributed by atoms with Gasteiger partial charge in [-0.05, 0) is 17.7 Å². The van der Waals surface area contributed by atoms with Crippen molar-refractivity contribution in [3.63, 3.8) is 0 Å². The summed E-state index contributed by atoms with van der Waals surface area (Å²) in [6.07, 6.45) is 0.651. The number of amides is 1. The summed E-state index contributed by atoms with van der Waals surface area (Å²) in [5.41, 5.74) is 1.26. The van der Waals surface area contributed by atoms with E-state index in [-0.39, 0.29) is 0 Å². The monoisotopic (exact) mass is 349 g/mol. The van der Waals surface area contributed by atoms with Gasteiger partial charge >= 0.3 is 0 Å². The van der Waals surface area contributed by atoms with Gasteiger partial charge < -0.3 is 9.64 Å². The Hall–Kier alpha value is -1.08. The third-order valence-electron chi connectivity index (χ3n) is 4.70. The molecule has 0 spiro atoms. The molecular weight excluding hydrogens is 318 g/mol. The fourth-order valence-electron chi connectivity index (χ4n) is 4.31. The van der Waals surface area contributed by atoms with E-state index in [2.05, 4.69) is 56.3 Å². The Labute approximate surface area is 143 Å². The first-order valence-corrected chi connectivity index (χ1v) is 15.6. The summed E-state index contributed by atoms with van der Waals surface area (Å²) < 4.78 is 5.24. The fourth-order valence-corrected chi connectivity index (χ4v) is 17.1. The van der Waals surface area contributed by atoms with Crippen molar-refractivity contribution >= 4 is 22.1 Å². The number of methoxy groups -OCH3 is 1. The SMILES string of the molecule is COc1ccc([C@@H]2CC(=O)N(C([Si](C)(C)C)[Si](C)(C)C)C2)cc1. The minimum absolute atomic E-state index is 0.323. The van der Waals surface area contributed by atoms with Gasteiger partial charge in [0.1, 0.15) is 5.75 Å². The Kier molecular flexibility index (Phi) is 5.11. The molecule has 1 aromatic carbocycles. The summed E-state index contributed by atoms with van der Waals surface area (Å²) in [7, 11) is -1.17. The van der Waals surface area contributed by atoms with E-state index in [4.69, 9.17) is 4.74 Å². The summed E-state index contributed by atoms with van der Waals surface area (Å²) in [4.78, 5) is 15.0. The zero-order valence-electron chi connectivity index (χ0n) is 15.6. The lowest BCUT2D eigenvalue weighted by molar-refractivity contribution is -0.127. The zero-order chi connectivity index (χ0) is 17.4. The van der Waals surface area contributed by atoms with Crippen molar-refractivity contribution in [1.82, 2.24) is 4.90 Å². The summed E-state index contributed by atoms with van der Waals surface area (Å²) >= 11 is 0. The Balaban J connectivity index is 2.24. The van der Waals surface area contributed by atoms with Crippen LogP contribution in [-0.2, 0) is 4.79 Å². The number of likely N-dealkylation sites (tertiary alicyclic amines) is 1. The molecule has 128 valence electrons. The number of benzene rings is 1. The van der Waals surface area contributed by atoms with Crippen LogP contribution >= 0.6 is 0 Å². The van der Waals surface area contributed by atoms with Crippen molar-refractivity contribution in [2.75, 3.05) is 13.7 Å². The topological polar surface area (TPSA) is 29.5 Å². The van der Waals surface area contributed by atoms with E-state index in [1.54, 1.807) is 7.11 Å². The normalized spacial score (nSPS) is 19.6. The smallest absolute Gasteiger partial charge is 0.222 e. The van der Waals surface area contributed by atoms with Gasteiger partial charge in [-0.2, -0.15) is 0 Å². The van der Waals surface area contributed by atoms with Crippen LogP contribution in [0.5, 0.6) is 5.75 Å². The quantitative estimate of drug-likeness (QED) is 0.748. The van der Waals surface area contributed by atoms with Gasteiger partial charge in [0.15, 0.2) is 0 Å². The molecular formula is C18H31NO2Si2. The highest BCUT2D eigenvalue weighted by Crippen LogP contribution is 2.35. The van der Waals surface area contributed by atoms with Crippen LogP contribution in [0.25, 0.3) is 0 Å². The van der Waals surface area contributed by atoms with Crippen molar-refractivity contribution in [2.24, 2.45) is 0 Å². The zero-order valence-corrected chi connectivity index (χ0v) is 17.6. The second kappa shape index (κ2) is 6.44. The molecule has 1 saturated heterocycles. The highest BCUT2D eigenvalue weighted by molar-refractivity contribution is 6.96. The molecule has 2 rings (SSSR count). The number of rotatable bonds is 5. The second-order valence-electron chi connectivity index (χ2n) is 8.85. The predicted molar refractivity (Wildman–Crippen MR) is 103 cm³/mol. The molecule has 0 saturated carbocycles. The minimum atomic E-state index is -1.43. The molecule has 1 aliphatic heterocycles. The van der Waals surface area contributed by atoms with Gasteiger partial charge in [-0.25, -0.2) is 0 Å². The number of ether oxygens (including phenoxy) is 1. The molecule has 1 heterocycles. The molecule has 0 radical (unpaired) electrons. The van der Waals surface area contributed by atoms with Crippen LogP contribution in [0.3, 0.4) is 0 Å². The molecule has 0 unspecified atom stereocenters. The van der Waals surface area contributed by atoms with Crippen LogP contribution in [0, 0.1) is 0 Å². The Morgan fingerprint density at radius 2 is 1.57 bits per heavy atom. The maximum atomic E-state index is 12.8. The Morgan fingerprint density at radius 3 is 2.00 bits per heavy atom. The molecule has 1 atom stereocenters. The number of hydrogen-bond acceptors (Lipinski definition) is 2. The Morgan fingerprint density at radius 1 is 1.04 bits per heavy atom. The number of carbonyl (C=O) groups is 1. The summed E-state index contributed by atoms with van der Waals surface area (Å²) in [5.74, 6) is 1.54. The molecule has 3 nitrogen and oxygen atoms in total. The highest BCUT2D eigenvalue weighted by Gasteiger charge is 2.46. The van der Waals surface area contributed by atoms with E-state index in [0.29, 0.717) is 23.5 Å². The summed E-state index contributed by atoms with van der Waals surface area (Å²) in [5, 5.41) is 0.505. The molecule has 0 aromatic heterocycles. The number of hydrogen-bond donors (Lipinski definition) is 0. The molecule has 0 N–H and O–H groups in total. The number of nitrogens with zero attached hydrogens (tertiary/aromatic N) is 1. The average Bonchev–Trinajstić information content (AvgIpc) is 2.77. The molecule has 5 heteroatoms. The van der Waals surface area contributed by atoms with Crippen molar-refractivity contribution < 1.29 is 9.53 Å². The largest absolute Gasteiger partial charge is 0.497 e. The molecule has 1 fully saturated rings. The molecule has 0 aliphatic carbocycles. The molecule has 0 bridgehead atoms. The first-order chi connectivity index (χ1) is 10.5. The first kappa shape index (κ1) is 18.3. The van der Waals surface area contributed by atoms with Crippen LogP contribution < -0.4 is 4.74 Å². The van der Waals surface area contributed by atoms with E-state index >= 15 is 0 Å². The fraction of sp³-hybridized carbons (Fsp3) is 0.611. The molecule has 1 aliphatic rings. The van der Waals surface area contributed by atoms with Gasteiger partial charge in [0.25, 0.3) is 0 Å². The lowest BCUT2D eigenvalue weighted by atomic mass is 9.98. The third-order valence-corrected chi connectivity index (χ3v) is 13.8. The molecule has 1 aromatic rings. The lowest BCUT2D eigenvalue weighted by Crippen LogP contribution is -2.63. The first-order valence-electron chi connectivity index (χ1n) is 8.47. The van der Waals surface area contributed by atoms with Gasteiger partial charge in [0.2, 0.25) is 5.91 Å². The van der Waals surface area contributed by atoms with Crippen molar-refractivity contribution in [3.05, 3.63) is 29.8 Å². The number of carbonyl (C=O) groups excluding carboxylic acids is 1. The highest BCUT2D eigenvalue weighted by atomic mass is 28.4. The van der Waals surface area contributed by atoms with Crippen LogP contribution in [0.2, 0.25) is 39.3 Å². The van der Waals surface area contributed by atoms with E-state index in [0.717, 1.165) is 12.3 Å². The summed E-state index contributed by atoms with van der Waals surface area (Å²) in [6, 6.07) is 8.21.